The molecule has 2 bridgehead atoms. The summed E-state index contributed by atoms with van der Waals surface area (Å²) in [4.78, 5) is 0. The lowest BCUT2D eigenvalue weighted by atomic mass is 9.83. The first kappa shape index (κ1) is 30.4. The van der Waals surface area contributed by atoms with Crippen LogP contribution >= 0.6 is 0 Å². The van der Waals surface area contributed by atoms with Crippen molar-refractivity contribution in [2.45, 2.75) is 50.9 Å². The molecule has 3 aliphatic heterocycles. The zero-order chi connectivity index (χ0) is 30.7. The Balaban J connectivity index is 1.42. The number of fused-ring (bicyclic) bond motifs is 4. The molecule has 42 heavy (non-hydrogen) atoms. The molecule has 14 heteroatoms. The van der Waals surface area contributed by atoms with Gasteiger partial charge in [-0.05, 0) is 47.7 Å². The van der Waals surface area contributed by atoms with E-state index in [9.17, 15) is 30.7 Å². The smallest absolute Gasteiger partial charge is 0.423 e. The Morgan fingerprint density at radius 1 is 0.786 bits per heavy atom. The highest BCUT2D eigenvalue weighted by atomic mass is 19.4. The summed E-state index contributed by atoms with van der Waals surface area (Å²) in [5, 5.41) is -1.97. The van der Waals surface area contributed by atoms with Crippen LogP contribution in [0.5, 0.6) is 5.75 Å². The van der Waals surface area contributed by atoms with E-state index >= 15 is 13.2 Å². The Morgan fingerprint density at radius 3 is 2.02 bits per heavy atom. The number of hydrogen-bond acceptors (Lipinski definition) is 4. The molecule has 0 N–H and O–H groups in total. The highest BCUT2D eigenvalue weighted by Crippen LogP contribution is 2.49. The van der Waals surface area contributed by atoms with Gasteiger partial charge in [0.2, 0.25) is 5.82 Å². The number of ether oxygens (including phenoxy) is 4. The van der Waals surface area contributed by atoms with Gasteiger partial charge >= 0.3 is 18.3 Å². The molecule has 3 saturated heterocycles. The summed E-state index contributed by atoms with van der Waals surface area (Å²) >= 11 is 0. The van der Waals surface area contributed by atoms with Gasteiger partial charge in [0.1, 0.15) is 23.0 Å². The molecule has 0 spiro atoms. The fraction of sp³-hybridized carbons (Fsp3) is 0.429. The van der Waals surface area contributed by atoms with Crippen molar-refractivity contribution in [2.24, 2.45) is 5.41 Å². The van der Waals surface area contributed by atoms with Crippen molar-refractivity contribution in [2.75, 3.05) is 19.8 Å². The standard InChI is InChI=1S/C28H22F10O4/c1-2-3-4-7-25-11-39-28(40-12-25,41-13-25)27(37,38)42-19-6-5-16(22(31)23(19)32)14-8-15-10-18(30)21(26(34,35)36)24(33)20(15)17(29)9-14/h5-6,8-10H,2-4,7,11-13H2,1H3. The van der Waals surface area contributed by atoms with Crippen LogP contribution in [0.1, 0.15) is 38.2 Å². The molecule has 0 atom stereocenters. The minimum Gasteiger partial charge on any atom is -0.423 e. The van der Waals surface area contributed by atoms with Gasteiger partial charge in [-0.2, -0.15) is 26.3 Å². The van der Waals surface area contributed by atoms with Crippen molar-refractivity contribution in [1.29, 1.82) is 0 Å². The number of rotatable bonds is 8. The van der Waals surface area contributed by atoms with Gasteiger partial charge < -0.3 is 18.9 Å². The summed E-state index contributed by atoms with van der Waals surface area (Å²) in [6, 6.07) is 2.58. The average Bonchev–Trinajstić information content (AvgIpc) is 2.91. The molecule has 3 aromatic rings. The molecule has 228 valence electrons. The van der Waals surface area contributed by atoms with Gasteiger partial charge in [-0.3, -0.25) is 0 Å². The second kappa shape index (κ2) is 10.6. The van der Waals surface area contributed by atoms with Gasteiger partial charge in [0.25, 0.3) is 0 Å². The predicted molar refractivity (Wildman–Crippen MR) is 127 cm³/mol. The molecule has 0 radical (unpaired) electrons. The van der Waals surface area contributed by atoms with Crippen molar-refractivity contribution in [1.82, 2.24) is 0 Å². The first-order valence-corrected chi connectivity index (χ1v) is 12.8. The summed E-state index contributed by atoms with van der Waals surface area (Å²) in [6.45, 7) is 1.55. The topological polar surface area (TPSA) is 36.9 Å². The normalized spacial score (nSPS) is 22.6. The minimum absolute atomic E-state index is 0.148. The van der Waals surface area contributed by atoms with Gasteiger partial charge in [0.15, 0.2) is 11.6 Å². The maximum absolute atomic E-state index is 15.2. The second-order valence-corrected chi connectivity index (χ2v) is 10.3. The summed E-state index contributed by atoms with van der Waals surface area (Å²) < 4.78 is 163. The fourth-order valence-corrected chi connectivity index (χ4v) is 5.07. The van der Waals surface area contributed by atoms with Crippen molar-refractivity contribution >= 4 is 10.8 Å². The van der Waals surface area contributed by atoms with Crippen LogP contribution < -0.4 is 4.74 Å². The molecule has 3 heterocycles. The van der Waals surface area contributed by atoms with Crippen LogP contribution in [0, 0.1) is 34.5 Å². The van der Waals surface area contributed by atoms with Gasteiger partial charge in [-0.15, -0.1) is 0 Å². The largest absolute Gasteiger partial charge is 0.484 e. The van der Waals surface area contributed by atoms with Crippen molar-refractivity contribution < 1.29 is 62.9 Å². The number of alkyl halides is 5. The third-order valence-electron chi connectivity index (χ3n) is 7.33. The van der Waals surface area contributed by atoms with E-state index < -0.39 is 86.0 Å². The monoisotopic (exact) mass is 612 g/mol. The number of unbranched alkanes of at least 4 members (excludes halogenated alkanes) is 2. The summed E-state index contributed by atoms with van der Waals surface area (Å²) in [5.41, 5.74) is -4.28. The van der Waals surface area contributed by atoms with E-state index in [0.717, 1.165) is 19.3 Å². The molecule has 3 fully saturated rings. The predicted octanol–water partition coefficient (Wildman–Crippen LogP) is 8.49. The van der Waals surface area contributed by atoms with Crippen LogP contribution in [-0.2, 0) is 20.4 Å². The van der Waals surface area contributed by atoms with E-state index in [1.807, 2.05) is 6.92 Å². The Morgan fingerprint density at radius 2 is 1.43 bits per heavy atom. The third-order valence-corrected chi connectivity index (χ3v) is 7.33. The van der Waals surface area contributed by atoms with Gasteiger partial charge in [0, 0.05) is 11.0 Å². The number of halogens is 10. The first-order valence-electron chi connectivity index (χ1n) is 12.8. The molecule has 0 saturated carbocycles. The van der Waals surface area contributed by atoms with Crippen LogP contribution in [0.25, 0.3) is 21.9 Å². The molecule has 0 unspecified atom stereocenters. The van der Waals surface area contributed by atoms with Crippen molar-refractivity contribution in [3.63, 3.8) is 0 Å². The van der Waals surface area contributed by atoms with Crippen LogP contribution in [0.3, 0.4) is 0 Å². The highest BCUT2D eigenvalue weighted by Gasteiger charge is 2.69. The Labute approximate surface area is 232 Å². The minimum atomic E-state index is -5.48. The van der Waals surface area contributed by atoms with E-state index in [0.29, 0.717) is 30.7 Å². The maximum Gasteiger partial charge on any atom is 0.484 e. The second-order valence-electron chi connectivity index (χ2n) is 10.3. The fourth-order valence-electron chi connectivity index (χ4n) is 5.07. The molecule has 4 nitrogen and oxygen atoms in total. The molecule has 0 aliphatic carbocycles. The van der Waals surface area contributed by atoms with Crippen LogP contribution in [0.4, 0.5) is 43.9 Å². The summed E-state index contributed by atoms with van der Waals surface area (Å²) in [7, 11) is 0. The molecule has 0 aromatic heterocycles. The SMILES string of the molecule is CCCCCC12COC(C(F)(F)Oc3ccc(-c4cc(F)c5c(F)c(C(F)(F)F)c(F)cc5c4)c(F)c3F)(OC1)OC2. The lowest BCUT2D eigenvalue weighted by Gasteiger charge is -2.52. The van der Waals surface area contributed by atoms with Crippen LogP contribution in [-0.4, -0.2) is 31.9 Å². The molecular formula is C28H22F10O4. The number of hydrogen-bond donors (Lipinski definition) is 0. The Hall–Kier alpha value is -3.10. The first-order chi connectivity index (χ1) is 19.6. The van der Waals surface area contributed by atoms with Crippen LogP contribution in [0.15, 0.2) is 30.3 Å². The Kier molecular flexibility index (Phi) is 7.63. The van der Waals surface area contributed by atoms with Crippen LogP contribution in [0.2, 0.25) is 0 Å². The van der Waals surface area contributed by atoms with E-state index in [1.54, 1.807) is 0 Å². The number of benzene rings is 3. The molecule has 3 aliphatic rings. The van der Waals surface area contributed by atoms with Gasteiger partial charge in [0.05, 0.1) is 25.2 Å². The quantitative estimate of drug-likeness (QED) is 0.189. The molecule has 0 amide bonds. The van der Waals surface area contributed by atoms with E-state index in [1.165, 1.54) is 0 Å². The zero-order valence-corrected chi connectivity index (χ0v) is 21.7. The van der Waals surface area contributed by atoms with Gasteiger partial charge in [-0.25, -0.2) is 17.6 Å². The lowest BCUT2D eigenvalue weighted by molar-refractivity contribution is -0.548. The van der Waals surface area contributed by atoms with Crippen molar-refractivity contribution in [3.8, 4) is 16.9 Å². The average molecular weight is 612 g/mol. The third kappa shape index (κ3) is 5.06. The lowest BCUT2D eigenvalue weighted by Crippen LogP contribution is -2.68. The summed E-state index contributed by atoms with van der Waals surface area (Å²) in [5.74, 6) is -14.0. The van der Waals surface area contributed by atoms with E-state index in [4.69, 9.17) is 14.2 Å². The van der Waals surface area contributed by atoms with E-state index in [-0.39, 0.29) is 25.9 Å². The zero-order valence-electron chi connectivity index (χ0n) is 21.7. The maximum atomic E-state index is 15.2. The van der Waals surface area contributed by atoms with E-state index in [2.05, 4.69) is 4.74 Å². The summed E-state index contributed by atoms with van der Waals surface area (Å²) in [6.07, 6.45) is -6.71. The molecule has 6 rings (SSSR count). The van der Waals surface area contributed by atoms with Crippen molar-refractivity contribution in [3.05, 3.63) is 65.0 Å². The Bertz CT molecular complexity index is 1500. The molecule has 3 aromatic carbocycles. The molecular weight excluding hydrogens is 590 g/mol. The van der Waals surface area contributed by atoms with Gasteiger partial charge in [-0.1, -0.05) is 26.2 Å². The highest BCUT2D eigenvalue weighted by molar-refractivity contribution is 5.89.